The average Bonchev–Trinajstić information content (AvgIpc) is 4.11. The van der Waals surface area contributed by atoms with Gasteiger partial charge in [-0.3, -0.25) is 9.36 Å². The van der Waals surface area contributed by atoms with Crippen LogP contribution >= 0.6 is 0 Å². The maximum absolute atomic E-state index is 15.2. The second-order valence-corrected chi connectivity index (χ2v) is 20.2. The highest BCUT2D eigenvalue weighted by atomic mass is 16.3. The molecule has 3 aromatic heterocycles. The van der Waals surface area contributed by atoms with E-state index in [9.17, 15) is 4.79 Å². The van der Waals surface area contributed by atoms with E-state index in [2.05, 4.69) is 135 Å². The predicted molar refractivity (Wildman–Crippen MR) is 301 cm³/mol. The van der Waals surface area contributed by atoms with E-state index in [1.807, 2.05) is 97.1 Å². The smallest absolute Gasteiger partial charge is 0.340 e. The van der Waals surface area contributed by atoms with Gasteiger partial charge in [-0.2, -0.15) is 0 Å². The average molecular weight is 957 g/mol. The lowest BCUT2D eigenvalue weighted by atomic mass is 9.81. The summed E-state index contributed by atoms with van der Waals surface area (Å²) < 4.78 is 16.1. The second-order valence-electron chi connectivity index (χ2n) is 20.2. The molecule has 10 aromatic carbocycles. The molecule has 13 aromatic rings. The molecular weight excluding hydrogens is 909 g/mol. The number of nitrogens with zero attached hydrogens (tertiary/aromatic N) is 2. The Morgan fingerprint density at radius 2 is 1.11 bits per heavy atom. The van der Waals surface area contributed by atoms with E-state index in [4.69, 9.17) is 8.83 Å². The van der Waals surface area contributed by atoms with Gasteiger partial charge in [0.05, 0.1) is 27.7 Å². The van der Waals surface area contributed by atoms with Crippen LogP contribution in [0.25, 0.3) is 99.5 Å². The van der Waals surface area contributed by atoms with Crippen LogP contribution in [0.3, 0.4) is 0 Å². The Labute approximate surface area is 426 Å². The van der Waals surface area contributed by atoms with Crippen LogP contribution in [-0.2, 0) is 11.8 Å². The van der Waals surface area contributed by atoms with Crippen LogP contribution in [0, 0.1) is 0 Å². The number of para-hydroxylation sites is 3. The van der Waals surface area contributed by atoms with Crippen LogP contribution in [0.4, 0.5) is 0 Å². The number of rotatable bonds is 9. The minimum absolute atomic E-state index is 0.0347. The van der Waals surface area contributed by atoms with Gasteiger partial charge < -0.3 is 8.83 Å². The van der Waals surface area contributed by atoms with E-state index in [1.165, 1.54) is 37.9 Å². The topological polar surface area (TPSA) is 70.3 Å². The van der Waals surface area contributed by atoms with E-state index < -0.39 is 11.2 Å². The second kappa shape index (κ2) is 16.9. The molecule has 0 fully saturated rings. The number of furan rings is 2. The maximum atomic E-state index is 15.2. The molecular formula is C68H48N2O4. The molecule has 14 rings (SSSR count). The fraction of sp³-hybridized carbons (Fsp3) is 0.0882. The SMILES string of the molecule is CC1(C)c2ccccc2-c2c(CCC(c3ccc(-c4cccc5c4oc4ccccc45)cc3)c3ccc4oc5cccc(-n6c(=O)c7ccccc7n(-c7ccc(-c8ccccc8)cc7)c6=O)c5c4c3)cccc21. The molecule has 0 saturated heterocycles. The molecule has 0 bridgehead atoms. The molecule has 74 heavy (non-hydrogen) atoms. The summed E-state index contributed by atoms with van der Waals surface area (Å²) in [6.07, 6.45) is 1.66. The van der Waals surface area contributed by atoms with Gasteiger partial charge in [-0.25, -0.2) is 9.36 Å². The highest BCUT2D eigenvalue weighted by molar-refractivity contribution is 6.10. The van der Waals surface area contributed by atoms with Crippen molar-refractivity contribution in [1.82, 2.24) is 9.13 Å². The van der Waals surface area contributed by atoms with E-state index >= 15 is 4.79 Å². The molecule has 1 atom stereocenters. The zero-order valence-electron chi connectivity index (χ0n) is 40.9. The van der Waals surface area contributed by atoms with Crippen LogP contribution in [0.2, 0.25) is 0 Å². The first kappa shape index (κ1) is 43.5. The summed E-state index contributed by atoms with van der Waals surface area (Å²) in [5.74, 6) is -0.0347. The van der Waals surface area contributed by atoms with Gasteiger partial charge in [0.2, 0.25) is 0 Å². The molecule has 0 aliphatic heterocycles. The lowest BCUT2D eigenvalue weighted by Gasteiger charge is -2.22. The lowest BCUT2D eigenvalue weighted by Crippen LogP contribution is -2.38. The van der Waals surface area contributed by atoms with Gasteiger partial charge in [0.25, 0.3) is 5.56 Å². The van der Waals surface area contributed by atoms with E-state index in [0.717, 1.165) is 68.0 Å². The summed E-state index contributed by atoms with van der Waals surface area (Å²) in [5.41, 5.74) is 17.0. The molecule has 1 aliphatic carbocycles. The third-order valence-electron chi connectivity index (χ3n) is 15.8. The summed E-state index contributed by atoms with van der Waals surface area (Å²) >= 11 is 0. The minimum atomic E-state index is -0.462. The van der Waals surface area contributed by atoms with Crippen molar-refractivity contribution in [2.24, 2.45) is 0 Å². The van der Waals surface area contributed by atoms with Crippen molar-refractivity contribution in [3.63, 3.8) is 0 Å². The molecule has 0 spiro atoms. The first-order chi connectivity index (χ1) is 36.3. The van der Waals surface area contributed by atoms with Crippen LogP contribution in [0.5, 0.6) is 0 Å². The van der Waals surface area contributed by atoms with Crippen molar-refractivity contribution in [3.05, 3.63) is 273 Å². The third-order valence-corrected chi connectivity index (χ3v) is 15.8. The number of benzene rings is 10. The Hall–Kier alpha value is -9.26. The Morgan fingerprint density at radius 3 is 1.96 bits per heavy atom. The van der Waals surface area contributed by atoms with Gasteiger partial charge in [0.15, 0.2) is 0 Å². The largest absolute Gasteiger partial charge is 0.456 e. The van der Waals surface area contributed by atoms with Crippen molar-refractivity contribution < 1.29 is 8.83 Å². The molecule has 3 heterocycles. The monoisotopic (exact) mass is 956 g/mol. The van der Waals surface area contributed by atoms with Crippen molar-refractivity contribution in [2.45, 2.75) is 38.0 Å². The van der Waals surface area contributed by atoms with Gasteiger partial charge >= 0.3 is 5.69 Å². The molecule has 354 valence electrons. The van der Waals surface area contributed by atoms with Gasteiger partial charge in [0.1, 0.15) is 22.3 Å². The molecule has 0 N–H and O–H groups in total. The molecule has 0 amide bonds. The Bertz CT molecular complexity index is 4500. The highest BCUT2D eigenvalue weighted by Gasteiger charge is 2.36. The molecule has 1 aliphatic rings. The first-order valence-corrected chi connectivity index (χ1v) is 25.4. The number of hydrogen-bond donors (Lipinski definition) is 0. The summed E-state index contributed by atoms with van der Waals surface area (Å²) in [5, 5.41) is 4.18. The summed E-state index contributed by atoms with van der Waals surface area (Å²) in [7, 11) is 0. The van der Waals surface area contributed by atoms with Gasteiger partial charge in [0, 0.05) is 33.1 Å². The van der Waals surface area contributed by atoms with E-state index in [-0.39, 0.29) is 11.3 Å². The fourth-order valence-corrected chi connectivity index (χ4v) is 12.1. The van der Waals surface area contributed by atoms with Crippen LogP contribution in [0.1, 0.15) is 54.0 Å². The Kier molecular flexibility index (Phi) is 9.96. The number of aromatic nitrogens is 2. The molecule has 0 saturated carbocycles. The quantitative estimate of drug-likeness (QED) is 0.145. The number of aryl methyl sites for hydroxylation is 1. The van der Waals surface area contributed by atoms with Gasteiger partial charge in [-0.05, 0) is 123 Å². The lowest BCUT2D eigenvalue weighted by molar-refractivity contribution is 0.658. The van der Waals surface area contributed by atoms with Crippen LogP contribution < -0.4 is 11.2 Å². The predicted octanol–water partition coefficient (Wildman–Crippen LogP) is 16.3. The van der Waals surface area contributed by atoms with Gasteiger partial charge in [-0.1, -0.05) is 184 Å². The van der Waals surface area contributed by atoms with Crippen molar-refractivity contribution in [1.29, 1.82) is 0 Å². The van der Waals surface area contributed by atoms with E-state index in [0.29, 0.717) is 38.8 Å². The highest BCUT2D eigenvalue weighted by Crippen LogP contribution is 2.50. The van der Waals surface area contributed by atoms with Crippen molar-refractivity contribution in [3.8, 4) is 44.8 Å². The number of fused-ring (bicyclic) bond motifs is 10. The molecule has 6 nitrogen and oxygen atoms in total. The number of hydrogen-bond acceptors (Lipinski definition) is 4. The Morgan fingerprint density at radius 1 is 0.473 bits per heavy atom. The van der Waals surface area contributed by atoms with Gasteiger partial charge in [-0.15, -0.1) is 0 Å². The maximum Gasteiger partial charge on any atom is 0.340 e. The van der Waals surface area contributed by atoms with Crippen molar-refractivity contribution in [2.75, 3.05) is 0 Å². The zero-order valence-corrected chi connectivity index (χ0v) is 40.9. The summed E-state index contributed by atoms with van der Waals surface area (Å²) in [6.45, 7) is 4.67. The standard InChI is InChI=1S/C68H48N2O4/c1-68(2)56-23-9-6-19-53(56)63-46(17-12-24-57(63)68)35-39-49(44-29-31-45(32-30-44)50-21-13-22-52-51-18-8-11-27-60(51)74-65(50)52)47-36-40-61-55(41-47)64-59(26-14-28-62(64)73-61)70-66(71)54-20-7-10-25-58(54)69(67(70)72)48-37-33-43(34-38-48)42-15-4-3-5-16-42/h3-34,36-38,40-41,49H,35,39H2,1-2H3. The normalized spacial score (nSPS) is 13.3. The Balaban J connectivity index is 0.916. The summed E-state index contributed by atoms with van der Waals surface area (Å²) in [4.78, 5) is 30.0. The minimum Gasteiger partial charge on any atom is -0.456 e. The third kappa shape index (κ3) is 6.79. The zero-order chi connectivity index (χ0) is 49.7. The fourth-order valence-electron chi connectivity index (χ4n) is 12.1. The van der Waals surface area contributed by atoms with Crippen LogP contribution in [-0.4, -0.2) is 9.13 Å². The molecule has 0 radical (unpaired) electrons. The summed E-state index contributed by atoms with van der Waals surface area (Å²) in [6, 6.07) is 76.7. The molecule has 1 unspecified atom stereocenters. The molecule has 6 heteroatoms. The van der Waals surface area contributed by atoms with E-state index in [1.54, 1.807) is 10.6 Å². The first-order valence-electron chi connectivity index (χ1n) is 25.4. The van der Waals surface area contributed by atoms with Crippen molar-refractivity contribution >= 4 is 54.8 Å². The van der Waals surface area contributed by atoms with Crippen LogP contribution in [0.15, 0.2) is 243 Å².